The van der Waals surface area contributed by atoms with Gasteiger partial charge in [0.05, 0.1) is 0 Å². The minimum absolute atomic E-state index is 0.301. The van der Waals surface area contributed by atoms with Crippen molar-refractivity contribution in [3.05, 3.63) is 24.3 Å². The highest BCUT2D eigenvalue weighted by Crippen LogP contribution is 1.90. The molecule has 1 N–H and O–H groups in total. The van der Waals surface area contributed by atoms with Crippen molar-refractivity contribution in [2.24, 2.45) is 0 Å². The van der Waals surface area contributed by atoms with Crippen molar-refractivity contribution in [2.45, 2.75) is 0 Å². The van der Waals surface area contributed by atoms with Gasteiger partial charge in [-0.25, -0.2) is 4.79 Å². The molecule has 0 aliphatic heterocycles. The van der Waals surface area contributed by atoms with Gasteiger partial charge in [0.15, 0.2) is 0 Å². The molecule has 0 fully saturated rings. The molecule has 0 spiro atoms. The standard InChI is InChI=1S/C6H5NO2.H6OSi2/c1-2-3-5(4-7)6(8)9;2-1-3/h2-3H,1H2,(H,8,9);2-3H3. The Bertz CT molecular complexity index is 219. The molecule has 0 aliphatic rings. The van der Waals surface area contributed by atoms with Crippen molar-refractivity contribution < 1.29 is 14.0 Å². The average molecular weight is 201 g/mol. The summed E-state index contributed by atoms with van der Waals surface area (Å²) in [6.07, 6.45) is 2.40. The number of nitriles is 1. The van der Waals surface area contributed by atoms with E-state index in [2.05, 4.69) is 10.7 Å². The Morgan fingerprint density at radius 1 is 1.67 bits per heavy atom. The summed E-state index contributed by atoms with van der Waals surface area (Å²) in [5, 5.41) is 16.2. The van der Waals surface area contributed by atoms with Gasteiger partial charge in [-0.15, -0.1) is 0 Å². The number of allylic oxidation sites excluding steroid dienone is 2. The second-order valence-electron chi connectivity index (χ2n) is 1.64. The van der Waals surface area contributed by atoms with E-state index in [1.54, 1.807) is 0 Å². The fraction of sp³-hybridized carbons (Fsp3) is 0. The largest absolute Gasteiger partial charge is 0.477 e. The quantitative estimate of drug-likeness (QED) is 0.249. The lowest BCUT2D eigenvalue weighted by atomic mass is 10.3. The summed E-state index contributed by atoms with van der Waals surface area (Å²) in [4.78, 5) is 9.98. The van der Waals surface area contributed by atoms with Crippen LogP contribution in [0.3, 0.4) is 0 Å². The Balaban J connectivity index is 0. The molecule has 4 nitrogen and oxygen atoms in total. The summed E-state index contributed by atoms with van der Waals surface area (Å²) >= 11 is 0. The predicted octanol–water partition coefficient (Wildman–Crippen LogP) is -1.73. The molecule has 12 heavy (non-hydrogen) atoms. The third kappa shape index (κ3) is 8.83. The molecule has 0 rings (SSSR count). The highest BCUT2D eigenvalue weighted by Gasteiger charge is 2.01. The molecule has 0 saturated carbocycles. The molecule has 0 bridgehead atoms. The second-order valence-corrected chi connectivity index (χ2v) is 4.91. The average Bonchev–Trinajstić information content (AvgIpc) is 2.01. The zero-order valence-corrected chi connectivity index (χ0v) is 11.1. The molecule has 0 saturated heterocycles. The zero-order chi connectivity index (χ0) is 9.98. The van der Waals surface area contributed by atoms with Gasteiger partial charge in [0.1, 0.15) is 32.6 Å². The van der Waals surface area contributed by atoms with Crippen LogP contribution in [0.15, 0.2) is 24.3 Å². The number of hydrogen-bond donors (Lipinski definition) is 1. The fourth-order valence-electron chi connectivity index (χ4n) is 0.274. The van der Waals surface area contributed by atoms with Crippen LogP contribution in [0.1, 0.15) is 0 Å². The van der Waals surface area contributed by atoms with Crippen LogP contribution in [0, 0.1) is 11.3 Å². The highest BCUT2D eigenvalue weighted by atomic mass is 28.3. The smallest absolute Gasteiger partial charge is 0.346 e. The molecule has 0 atom stereocenters. The third-order valence-corrected chi connectivity index (χ3v) is 0.635. The summed E-state index contributed by atoms with van der Waals surface area (Å²) in [6, 6.07) is 1.49. The molecule has 0 radical (unpaired) electrons. The molecule has 0 unspecified atom stereocenters. The Labute approximate surface area is 77.2 Å². The maximum atomic E-state index is 9.98. The topological polar surface area (TPSA) is 70.3 Å². The number of hydrogen-bond acceptors (Lipinski definition) is 3. The van der Waals surface area contributed by atoms with Crippen molar-refractivity contribution in [1.82, 2.24) is 0 Å². The first-order valence-electron chi connectivity index (χ1n) is 3.00. The maximum Gasteiger partial charge on any atom is 0.346 e. The molecule has 0 aromatic heterocycles. The van der Waals surface area contributed by atoms with E-state index in [1.807, 2.05) is 0 Å². The van der Waals surface area contributed by atoms with Gasteiger partial charge in [0.25, 0.3) is 0 Å². The van der Waals surface area contributed by atoms with Gasteiger partial charge in [-0.3, -0.25) is 0 Å². The molecule has 66 valence electrons. The van der Waals surface area contributed by atoms with E-state index in [-0.39, 0.29) is 5.57 Å². The van der Waals surface area contributed by atoms with Crippen LogP contribution in [0.4, 0.5) is 0 Å². The molecule has 0 aromatic rings. The van der Waals surface area contributed by atoms with Gasteiger partial charge in [0, 0.05) is 0 Å². The zero-order valence-electron chi connectivity index (χ0n) is 7.07. The van der Waals surface area contributed by atoms with Crippen molar-refractivity contribution >= 4 is 26.9 Å². The van der Waals surface area contributed by atoms with Crippen LogP contribution in [0.2, 0.25) is 0 Å². The molecule has 0 aliphatic carbocycles. The van der Waals surface area contributed by atoms with E-state index in [1.165, 1.54) is 12.1 Å². The van der Waals surface area contributed by atoms with Crippen LogP contribution in [-0.4, -0.2) is 32.0 Å². The van der Waals surface area contributed by atoms with Crippen molar-refractivity contribution in [3.8, 4) is 6.07 Å². The normalized spacial score (nSPS) is 9.42. The number of aliphatic carboxylic acids is 1. The van der Waals surface area contributed by atoms with E-state index < -0.39 is 5.97 Å². The molecule has 0 aromatic carbocycles. The lowest BCUT2D eigenvalue weighted by Gasteiger charge is -1.81. The molecule has 6 heteroatoms. The van der Waals surface area contributed by atoms with Crippen LogP contribution in [0.25, 0.3) is 0 Å². The van der Waals surface area contributed by atoms with Crippen molar-refractivity contribution in [1.29, 1.82) is 5.26 Å². The van der Waals surface area contributed by atoms with E-state index >= 15 is 0 Å². The lowest BCUT2D eigenvalue weighted by molar-refractivity contribution is -0.132. The van der Waals surface area contributed by atoms with Gasteiger partial charge in [-0.1, -0.05) is 12.7 Å². The van der Waals surface area contributed by atoms with Gasteiger partial charge >= 0.3 is 5.97 Å². The van der Waals surface area contributed by atoms with Crippen LogP contribution in [0.5, 0.6) is 0 Å². The van der Waals surface area contributed by atoms with Crippen LogP contribution >= 0.6 is 0 Å². The first-order chi connectivity index (χ1) is 5.63. The Kier molecular flexibility index (Phi) is 11.0. The monoisotopic (exact) mass is 201 g/mol. The van der Waals surface area contributed by atoms with Gasteiger partial charge in [-0.05, 0) is 6.08 Å². The highest BCUT2D eigenvalue weighted by molar-refractivity contribution is 6.15. The van der Waals surface area contributed by atoms with Crippen LogP contribution < -0.4 is 0 Å². The van der Waals surface area contributed by atoms with Gasteiger partial charge in [0.2, 0.25) is 0 Å². The number of carbonyl (C=O) groups is 1. The van der Waals surface area contributed by atoms with Crippen molar-refractivity contribution in [2.75, 3.05) is 0 Å². The Hall–Kier alpha value is -1.17. The first-order valence-corrected chi connectivity index (χ1v) is 4.63. The first kappa shape index (κ1) is 13.4. The number of carboxylic acid groups (broad SMARTS) is 1. The lowest BCUT2D eigenvalue weighted by Crippen LogP contribution is -1.96. The van der Waals surface area contributed by atoms with E-state index in [9.17, 15) is 4.79 Å². The summed E-state index contributed by atoms with van der Waals surface area (Å²) < 4.78 is 4.53. The van der Waals surface area contributed by atoms with Crippen LogP contribution in [-0.2, 0) is 8.91 Å². The summed E-state index contributed by atoms with van der Waals surface area (Å²) in [5.41, 5.74) is -0.301. The van der Waals surface area contributed by atoms with Gasteiger partial charge < -0.3 is 9.22 Å². The van der Waals surface area contributed by atoms with Gasteiger partial charge in [-0.2, -0.15) is 5.26 Å². The SMILES string of the molecule is C=CC=C(C#N)C(=O)O.[SiH3]O[SiH3]. The Morgan fingerprint density at radius 2 is 2.08 bits per heavy atom. The number of nitrogens with zero attached hydrogens (tertiary/aromatic N) is 1. The van der Waals surface area contributed by atoms with Crippen molar-refractivity contribution in [3.63, 3.8) is 0 Å². The maximum absolute atomic E-state index is 9.98. The Morgan fingerprint density at radius 3 is 2.17 bits per heavy atom. The summed E-state index contributed by atoms with van der Waals surface area (Å²) in [7, 11) is 1.86. The summed E-state index contributed by atoms with van der Waals surface area (Å²) in [5.74, 6) is -1.22. The molecule has 0 amide bonds. The number of carboxylic acids is 1. The molecule has 0 heterocycles. The molecular formula is C6H11NO3Si2. The van der Waals surface area contributed by atoms with E-state index in [0.29, 0.717) is 0 Å². The van der Waals surface area contributed by atoms with E-state index in [0.717, 1.165) is 27.0 Å². The number of rotatable bonds is 2. The van der Waals surface area contributed by atoms with E-state index in [4.69, 9.17) is 10.4 Å². The molecular weight excluding hydrogens is 190 g/mol. The minimum atomic E-state index is -1.22. The fourth-order valence-corrected chi connectivity index (χ4v) is 0.274. The minimum Gasteiger partial charge on any atom is -0.477 e. The third-order valence-electron chi connectivity index (χ3n) is 0.635. The predicted molar refractivity (Wildman–Crippen MR) is 52.5 cm³/mol. The second kappa shape index (κ2) is 9.83. The summed E-state index contributed by atoms with van der Waals surface area (Å²) in [6.45, 7) is 3.24.